The third kappa shape index (κ3) is 2.09. The third-order valence-electron chi connectivity index (χ3n) is 3.63. The largest absolute Gasteiger partial charge is 0.487 e. The van der Waals surface area contributed by atoms with E-state index in [1.54, 1.807) is 0 Å². The van der Waals surface area contributed by atoms with Gasteiger partial charge in [0.1, 0.15) is 11.4 Å². The number of aliphatic hydroxyl groups excluding tert-OH is 1. The molecule has 0 radical (unpaired) electrons. The number of ether oxygens (including phenoxy) is 2. The Bertz CT molecular complexity index is 427. The van der Waals surface area contributed by atoms with Gasteiger partial charge in [-0.15, -0.1) is 0 Å². The Morgan fingerprint density at radius 3 is 2.82 bits per heavy atom. The van der Waals surface area contributed by atoms with E-state index in [0.29, 0.717) is 6.42 Å². The highest BCUT2D eigenvalue weighted by Crippen LogP contribution is 2.44. The second-order valence-electron chi connectivity index (χ2n) is 4.80. The number of halogens is 1. The van der Waals surface area contributed by atoms with Crippen LogP contribution >= 0.6 is 15.9 Å². The summed E-state index contributed by atoms with van der Waals surface area (Å²) in [6.45, 7) is 1.44. The van der Waals surface area contributed by atoms with Crippen molar-refractivity contribution < 1.29 is 14.6 Å². The third-order valence-corrected chi connectivity index (χ3v) is 4.12. The fraction of sp³-hybridized carbons (Fsp3) is 0.538. The average molecular weight is 299 g/mol. The van der Waals surface area contributed by atoms with Crippen LogP contribution in [0.5, 0.6) is 5.75 Å². The highest BCUT2D eigenvalue weighted by atomic mass is 79.9. The number of fused-ring (bicyclic) bond motifs is 1. The maximum Gasteiger partial charge on any atom is 0.127 e. The molecule has 4 heteroatoms. The Hall–Kier alpha value is -0.580. The molecule has 92 valence electrons. The predicted molar refractivity (Wildman–Crippen MR) is 67.1 cm³/mol. The Labute approximate surface area is 109 Å². The summed E-state index contributed by atoms with van der Waals surface area (Å²) in [6, 6.07) is 5.80. The molecule has 1 spiro atoms. The summed E-state index contributed by atoms with van der Waals surface area (Å²) in [5, 5.41) is 10.2. The van der Waals surface area contributed by atoms with Crippen LogP contribution in [0.1, 0.15) is 30.9 Å². The first kappa shape index (κ1) is 11.5. The van der Waals surface area contributed by atoms with Crippen molar-refractivity contribution in [3.8, 4) is 5.75 Å². The summed E-state index contributed by atoms with van der Waals surface area (Å²) >= 11 is 3.44. The van der Waals surface area contributed by atoms with Crippen LogP contribution in [0.25, 0.3) is 0 Å². The van der Waals surface area contributed by atoms with Crippen LogP contribution in [-0.2, 0) is 4.74 Å². The Morgan fingerprint density at radius 1 is 1.29 bits per heavy atom. The average Bonchev–Trinajstić information content (AvgIpc) is 2.29. The monoisotopic (exact) mass is 298 g/mol. The maximum absolute atomic E-state index is 10.2. The van der Waals surface area contributed by atoms with Crippen LogP contribution in [0, 0.1) is 0 Å². The SMILES string of the molecule is OC1CC2(CCOCC2)Oc2cc(Br)ccc21. The minimum absolute atomic E-state index is 0.231. The van der Waals surface area contributed by atoms with Crippen LogP contribution in [0.4, 0.5) is 0 Å². The van der Waals surface area contributed by atoms with Crippen molar-refractivity contribution in [3.05, 3.63) is 28.2 Å². The highest BCUT2D eigenvalue weighted by Gasteiger charge is 2.41. The summed E-state index contributed by atoms with van der Waals surface area (Å²) in [5.41, 5.74) is 0.663. The molecular weight excluding hydrogens is 284 g/mol. The maximum atomic E-state index is 10.2. The van der Waals surface area contributed by atoms with Gasteiger partial charge in [0.15, 0.2) is 0 Å². The molecule has 2 aliphatic heterocycles. The number of hydrogen-bond donors (Lipinski definition) is 1. The fourth-order valence-corrected chi connectivity index (χ4v) is 3.00. The molecule has 0 bridgehead atoms. The summed E-state index contributed by atoms with van der Waals surface area (Å²) < 4.78 is 12.5. The summed E-state index contributed by atoms with van der Waals surface area (Å²) in [7, 11) is 0. The molecular formula is C13H15BrO3. The van der Waals surface area contributed by atoms with Crippen LogP contribution in [0.2, 0.25) is 0 Å². The number of aliphatic hydroxyl groups is 1. The summed E-state index contributed by atoms with van der Waals surface area (Å²) in [6.07, 6.45) is 1.96. The molecule has 1 atom stereocenters. The Balaban J connectivity index is 1.95. The lowest BCUT2D eigenvalue weighted by Gasteiger charge is -2.43. The van der Waals surface area contributed by atoms with Gasteiger partial charge in [0.25, 0.3) is 0 Å². The second-order valence-corrected chi connectivity index (χ2v) is 5.72. The zero-order chi connectivity index (χ0) is 11.9. The van der Waals surface area contributed by atoms with Gasteiger partial charge in [0.2, 0.25) is 0 Å². The number of benzene rings is 1. The second kappa shape index (κ2) is 4.26. The molecule has 3 nitrogen and oxygen atoms in total. The molecule has 2 aliphatic rings. The topological polar surface area (TPSA) is 38.7 Å². The normalized spacial score (nSPS) is 26.4. The Kier molecular flexibility index (Phi) is 2.89. The molecule has 2 heterocycles. The standard InChI is InChI=1S/C13H15BrO3/c14-9-1-2-10-11(15)8-13(17-12(10)7-9)3-5-16-6-4-13/h1-2,7,11,15H,3-6,8H2. The first-order valence-electron chi connectivity index (χ1n) is 5.93. The van der Waals surface area contributed by atoms with Gasteiger partial charge in [-0.25, -0.2) is 0 Å². The number of rotatable bonds is 0. The lowest BCUT2D eigenvalue weighted by molar-refractivity contribution is -0.0839. The molecule has 1 aromatic rings. The van der Waals surface area contributed by atoms with Crippen molar-refractivity contribution in [3.63, 3.8) is 0 Å². The zero-order valence-corrected chi connectivity index (χ0v) is 11.1. The van der Waals surface area contributed by atoms with E-state index in [2.05, 4.69) is 15.9 Å². The van der Waals surface area contributed by atoms with E-state index < -0.39 is 6.10 Å². The van der Waals surface area contributed by atoms with Crippen molar-refractivity contribution in [2.45, 2.75) is 31.0 Å². The predicted octanol–water partition coefficient (Wildman–Crippen LogP) is 2.81. The van der Waals surface area contributed by atoms with E-state index in [-0.39, 0.29) is 5.60 Å². The van der Waals surface area contributed by atoms with E-state index in [0.717, 1.165) is 41.8 Å². The summed E-state index contributed by atoms with van der Waals surface area (Å²) in [5.74, 6) is 0.806. The van der Waals surface area contributed by atoms with Crippen molar-refractivity contribution in [2.24, 2.45) is 0 Å². The van der Waals surface area contributed by atoms with Gasteiger partial charge in [-0.1, -0.05) is 22.0 Å². The van der Waals surface area contributed by atoms with Crippen LogP contribution in [0.15, 0.2) is 22.7 Å². The van der Waals surface area contributed by atoms with Crippen molar-refractivity contribution in [1.82, 2.24) is 0 Å². The van der Waals surface area contributed by atoms with Crippen molar-refractivity contribution in [2.75, 3.05) is 13.2 Å². The molecule has 1 unspecified atom stereocenters. The molecule has 1 fully saturated rings. The van der Waals surface area contributed by atoms with Gasteiger partial charge in [0, 0.05) is 29.3 Å². The first-order valence-corrected chi connectivity index (χ1v) is 6.72. The van der Waals surface area contributed by atoms with E-state index >= 15 is 0 Å². The fourth-order valence-electron chi connectivity index (χ4n) is 2.66. The lowest BCUT2D eigenvalue weighted by Crippen LogP contribution is -2.45. The molecule has 17 heavy (non-hydrogen) atoms. The quantitative estimate of drug-likeness (QED) is 0.800. The molecule has 0 aromatic heterocycles. The van der Waals surface area contributed by atoms with E-state index in [4.69, 9.17) is 9.47 Å². The van der Waals surface area contributed by atoms with Gasteiger partial charge in [0.05, 0.1) is 19.3 Å². The first-order chi connectivity index (χ1) is 8.19. The lowest BCUT2D eigenvalue weighted by atomic mass is 9.83. The number of hydrogen-bond acceptors (Lipinski definition) is 3. The van der Waals surface area contributed by atoms with Crippen LogP contribution in [-0.4, -0.2) is 23.9 Å². The molecule has 3 rings (SSSR count). The van der Waals surface area contributed by atoms with Gasteiger partial charge in [-0.2, -0.15) is 0 Å². The zero-order valence-electron chi connectivity index (χ0n) is 9.49. The molecule has 0 amide bonds. The van der Waals surface area contributed by atoms with Gasteiger partial charge < -0.3 is 14.6 Å². The van der Waals surface area contributed by atoms with Gasteiger partial charge in [-0.3, -0.25) is 0 Å². The van der Waals surface area contributed by atoms with Gasteiger partial charge >= 0.3 is 0 Å². The van der Waals surface area contributed by atoms with Crippen molar-refractivity contribution >= 4 is 15.9 Å². The van der Waals surface area contributed by atoms with E-state index in [1.807, 2.05) is 18.2 Å². The van der Waals surface area contributed by atoms with E-state index in [1.165, 1.54) is 0 Å². The molecule has 1 saturated heterocycles. The van der Waals surface area contributed by atoms with Crippen LogP contribution in [0.3, 0.4) is 0 Å². The molecule has 1 aromatic carbocycles. The molecule has 1 N–H and O–H groups in total. The minimum Gasteiger partial charge on any atom is -0.487 e. The smallest absolute Gasteiger partial charge is 0.127 e. The van der Waals surface area contributed by atoms with E-state index in [9.17, 15) is 5.11 Å². The highest BCUT2D eigenvalue weighted by molar-refractivity contribution is 9.10. The minimum atomic E-state index is -0.426. The van der Waals surface area contributed by atoms with Crippen LogP contribution < -0.4 is 4.74 Å². The molecule has 0 aliphatic carbocycles. The summed E-state index contributed by atoms with van der Waals surface area (Å²) in [4.78, 5) is 0. The van der Waals surface area contributed by atoms with Gasteiger partial charge in [-0.05, 0) is 12.1 Å². The molecule has 0 saturated carbocycles. The van der Waals surface area contributed by atoms with Crippen molar-refractivity contribution in [1.29, 1.82) is 0 Å². The Morgan fingerprint density at radius 2 is 2.06 bits per heavy atom.